The number of carbonyl (C=O) groups excluding carboxylic acids is 1. The van der Waals surface area contributed by atoms with Crippen LogP contribution in [0.15, 0.2) is 15.4 Å². The van der Waals surface area contributed by atoms with E-state index in [4.69, 9.17) is 4.52 Å². The number of likely N-dealkylation sites (tertiary alicyclic amines) is 1. The van der Waals surface area contributed by atoms with Gasteiger partial charge in [-0.2, -0.15) is 0 Å². The first kappa shape index (κ1) is 16.4. The average Bonchev–Trinajstić information content (AvgIpc) is 3.23. The molecule has 1 atom stereocenters. The Hall–Kier alpha value is -2.44. The van der Waals surface area contributed by atoms with Gasteiger partial charge in [0.15, 0.2) is 0 Å². The van der Waals surface area contributed by atoms with Crippen molar-refractivity contribution in [2.45, 2.75) is 52.5 Å². The number of aromatic amines is 1. The molecule has 3 heterocycles. The number of aryl methyl sites for hydroxylation is 2. The molecule has 1 fully saturated rings. The van der Waals surface area contributed by atoms with Crippen molar-refractivity contribution in [2.24, 2.45) is 0 Å². The second kappa shape index (κ2) is 6.59. The number of H-pyrrole nitrogens is 1. The fourth-order valence-electron chi connectivity index (χ4n) is 3.22. The third-order valence-corrected chi connectivity index (χ3v) is 4.56. The second-order valence-electron chi connectivity index (χ2n) is 6.06. The average molecular weight is 330 g/mol. The molecule has 7 nitrogen and oxygen atoms in total. The molecular formula is C17H22N4O3. The van der Waals surface area contributed by atoms with E-state index in [0.717, 1.165) is 24.2 Å². The van der Waals surface area contributed by atoms with Crippen LogP contribution >= 0.6 is 0 Å². The Labute approximate surface area is 140 Å². The van der Waals surface area contributed by atoms with E-state index in [1.807, 2.05) is 20.8 Å². The molecule has 0 unspecified atom stereocenters. The molecule has 1 aliphatic heterocycles. The molecule has 1 N–H and O–H groups in total. The predicted molar refractivity (Wildman–Crippen MR) is 87.9 cm³/mol. The van der Waals surface area contributed by atoms with Gasteiger partial charge in [-0.05, 0) is 32.6 Å². The minimum atomic E-state index is -0.231. The summed E-state index contributed by atoms with van der Waals surface area (Å²) in [6, 6.07) is 1.45. The molecule has 0 bridgehead atoms. The zero-order valence-electron chi connectivity index (χ0n) is 14.3. The Morgan fingerprint density at radius 1 is 1.42 bits per heavy atom. The lowest BCUT2D eigenvalue weighted by atomic mass is 10.1. The van der Waals surface area contributed by atoms with Crippen molar-refractivity contribution < 1.29 is 9.32 Å². The third-order valence-electron chi connectivity index (χ3n) is 4.56. The lowest BCUT2D eigenvalue weighted by molar-refractivity contribution is 0.0687. The van der Waals surface area contributed by atoms with E-state index in [2.05, 4.69) is 15.1 Å². The first-order valence-electron chi connectivity index (χ1n) is 8.41. The number of amides is 1. The quantitative estimate of drug-likeness (QED) is 0.927. The molecule has 24 heavy (non-hydrogen) atoms. The van der Waals surface area contributed by atoms with Crippen LogP contribution < -0.4 is 5.56 Å². The monoisotopic (exact) mass is 330 g/mol. The standard InChI is InChI=1S/C17H22N4O3/c1-4-11-9-14(24-20-11)17(23)21-8-6-7-13(21)15-18-10(3)12(5-2)16(22)19-15/h9,13H,4-8H2,1-3H3,(H,18,19,22)/t13-/m0/s1. The van der Waals surface area contributed by atoms with Crippen LogP contribution in [0.5, 0.6) is 0 Å². The summed E-state index contributed by atoms with van der Waals surface area (Å²) in [7, 11) is 0. The van der Waals surface area contributed by atoms with Crippen LogP contribution in [0.1, 0.15) is 66.1 Å². The highest BCUT2D eigenvalue weighted by atomic mass is 16.5. The van der Waals surface area contributed by atoms with Gasteiger partial charge in [-0.15, -0.1) is 0 Å². The summed E-state index contributed by atoms with van der Waals surface area (Å²) in [5.41, 5.74) is 2.05. The number of hydrogen-bond donors (Lipinski definition) is 1. The van der Waals surface area contributed by atoms with Gasteiger partial charge in [0.05, 0.1) is 11.7 Å². The molecular weight excluding hydrogens is 308 g/mol. The normalized spacial score (nSPS) is 17.5. The van der Waals surface area contributed by atoms with Crippen molar-refractivity contribution in [1.82, 2.24) is 20.0 Å². The van der Waals surface area contributed by atoms with E-state index in [-0.39, 0.29) is 23.3 Å². The van der Waals surface area contributed by atoms with Crippen molar-refractivity contribution in [2.75, 3.05) is 6.54 Å². The van der Waals surface area contributed by atoms with E-state index >= 15 is 0 Å². The van der Waals surface area contributed by atoms with Gasteiger partial charge in [-0.1, -0.05) is 19.0 Å². The molecule has 0 spiro atoms. The molecule has 1 amide bonds. The van der Waals surface area contributed by atoms with Gasteiger partial charge in [0.25, 0.3) is 11.5 Å². The fraction of sp³-hybridized carbons (Fsp3) is 0.529. The molecule has 2 aromatic heterocycles. The molecule has 2 aromatic rings. The van der Waals surface area contributed by atoms with Crippen molar-refractivity contribution in [3.05, 3.63) is 45.0 Å². The van der Waals surface area contributed by atoms with Crippen LogP contribution in [0.4, 0.5) is 0 Å². The Bertz CT molecular complexity index is 808. The minimum absolute atomic E-state index is 0.118. The number of rotatable bonds is 4. The molecule has 7 heteroatoms. The Morgan fingerprint density at radius 2 is 2.21 bits per heavy atom. The van der Waals surface area contributed by atoms with Gasteiger partial charge >= 0.3 is 0 Å². The van der Waals surface area contributed by atoms with Gasteiger partial charge < -0.3 is 14.4 Å². The molecule has 128 valence electrons. The van der Waals surface area contributed by atoms with Crippen LogP contribution in [0.3, 0.4) is 0 Å². The number of nitrogens with one attached hydrogen (secondary N) is 1. The van der Waals surface area contributed by atoms with Crippen molar-refractivity contribution in [3.8, 4) is 0 Å². The van der Waals surface area contributed by atoms with E-state index in [0.29, 0.717) is 30.8 Å². The summed E-state index contributed by atoms with van der Waals surface area (Å²) in [6.07, 6.45) is 2.99. The van der Waals surface area contributed by atoms with Crippen molar-refractivity contribution in [3.63, 3.8) is 0 Å². The first-order valence-corrected chi connectivity index (χ1v) is 8.41. The largest absolute Gasteiger partial charge is 0.351 e. The highest BCUT2D eigenvalue weighted by molar-refractivity contribution is 5.91. The molecule has 1 aliphatic rings. The van der Waals surface area contributed by atoms with Gasteiger partial charge in [-0.3, -0.25) is 9.59 Å². The maximum absolute atomic E-state index is 12.7. The Kier molecular flexibility index (Phi) is 4.51. The summed E-state index contributed by atoms with van der Waals surface area (Å²) in [4.78, 5) is 34.0. The molecule has 0 aromatic carbocycles. The summed E-state index contributed by atoms with van der Waals surface area (Å²) >= 11 is 0. The number of carbonyl (C=O) groups is 1. The molecule has 1 saturated heterocycles. The minimum Gasteiger partial charge on any atom is -0.351 e. The summed E-state index contributed by atoms with van der Waals surface area (Å²) < 4.78 is 5.16. The number of hydrogen-bond acceptors (Lipinski definition) is 5. The topological polar surface area (TPSA) is 92.1 Å². The van der Waals surface area contributed by atoms with E-state index in [9.17, 15) is 9.59 Å². The highest BCUT2D eigenvalue weighted by Crippen LogP contribution is 2.31. The second-order valence-corrected chi connectivity index (χ2v) is 6.06. The van der Waals surface area contributed by atoms with Gasteiger partial charge in [-0.25, -0.2) is 4.98 Å². The SMILES string of the molecule is CCc1cc(C(=O)N2CCC[C@H]2c2nc(C)c(CC)c(=O)[nH]2)on1. The molecule has 0 radical (unpaired) electrons. The van der Waals surface area contributed by atoms with Gasteiger partial charge in [0, 0.05) is 23.9 Å². The lowest BCUT2D eigenvalue weighted by Crippen LogP contribution is -2.33. The summed E-state index contributed by atoms with van der Waals surface area (Å²) in [5, 5.41) is 3.88. The lowest BCUT2D eigenvalue weighted by Gasteiger charge is -2.23. The molecule has 0 aliphatic carbocycles. The zero-order chi connectivity index (χ0) is 17.3. The van der Waals surface area contributed by atoms with Crippen LogP contribution in [0.2, 0.25) is 0 Å². The van der Waals surface area contributed by atoms with Crippen LogP contribution in [0.25, 0.3) is 0 Å². The zero-order valence-corrected chi connectivity index (χ0v) is 14.3. The van der Waals surface area contributed by atoms with Crippen molar-refractivity contribution >= 4 is 5.91 Å². The molecule has 3 rings (SSSR count). The maximum atomic E-state index is 12.7. The highest BCUT2D eigenvalue weighted by Gasteiger charge is 2.34. The van der Waals surface area contributed by atoms with Gasteiger partial charge in [0.2, 0.25) is 5.76 Å². The van der Waals surface area contributed by atoms with Crippen LogP contribution in [-0.4, -0.2) is 32.5 Å². The molecule has 0 saturated carbocycles. The van der Waals surface area contributed by atoms with E-state index < -0.39 is 0 Å². The van der Waals surface area contributed by atoms with E-state index in [1.54, 1.807) is 11.0 Å². The Balaban J connectivity index is 1.90. The Morgan fingerprint density at radius 3 is 2.83 bits per heavy atom. The predicted octanol–water partition coefficient (Wildman–Crippen LogP) is 2.17. The van der Waals surface area contributed by atoms with Crippen LogP contribution in [-0.2, 0) is 12.8 Å². The van der Waals surface area contributed by atoms with Gasteiger partial charge in [0.1, 0.15) is 5.82 Å². The number of aromatic nitrogens is 3. The summed E-state index contributed by atoms with van der Waals surface area (Å²) in [5.74, 6) is 0.586. The smallest absolute Gasteiger partial charge is 0.293 e. The fourth-order valence-corrected chi connectivity index (χ4v) is 3.22. The van der Waals surface area contributed by atoms with Crippen LogP contribution in [0, 0.1) is 6.92 Å². The van der Waals surface area contributed by atoms with E-state index in [1.165, 1.54) is 0 Å². The third kappa shape index (κ3) is 2.86. The van der Waals surface area contributed by atoms with Crippen molar-refractivity contribution in [1.29, 1.82) is 0 Å². The summed E-state index contributed by atoms with van der Waals surface area (Å²) in [6.45, 7) is 6.34. The maximum Gasteiger partial charge on any atom is 0.293 e. The first-order chi connectivity index (χ1) is 11.5. The number of nitrogens with zero attached hydrogens (tertiary/aromatic N) is 3.